The van der Waals surface area contributed by atoms with Gasteiger partial charge < -0.3 is 10.3 Å². The third-order valence-corrected chi connectivity index (χ3v) is 7.78. The minimum absolute atomic E-state index is 0.693. The SMILES string of the molecule is C=C/C(=C\C(=C/C)c1cnc2n[nH]c(-c3cc4c(-c5cccs5)cccc4[nH]3)c2c1)CNCc1ccccc1. The van der Waals surface area contributed by atoms with Gasteiger partial charge in [0.15, 0.2) is 5.65 Å². The Morgan fingerprint density at radius 3 is 2.72 bits per heavy atom. The van der Waals surface area contributed by atoms with E-state index in [9.17, 15) is 0 Å². The van der Waals surface area contributed by atoms with Crippen LogP contribution in [0, 0.1) is 0 Å². The third-order valence-electron chi connectivity index (χ3n) is 6.88. The number of nitrogens with one attached hydrogen (secondary N) is 3. The number of pyridine rings is 1. The molecule has 5 nitrogen and oxygen atoms in total. The fourth-order valence-corrected chi connectivity index (χ4v) is 5.63. The molecule has 192 valence electrons. The van der Waals surface area contributed by atoms with Gasteiger partial charge >= 0.3 is 0 Å². The van der Waals surface area contributed by atoms with Gasteiger partial charge in [0.2, 0.25) is 0 Å². The molecule has 6 rings (SSSR count). The highest BCUT2D eigenvalue weighted by Crippen LogP contribution is 2.36. The molecule has 4 heterocycles. The maximum atomic E-state index is 4.68. The van der Waals surface area contributed by atoms with Crippen molar-refractivity contribution in [1.29, 1.82) is 0 Å². The summed E-state index contributed by atoms with van der Waals surface area (Å²) in [6, 6.07) is 25.4. The maximum Gasteiger partial charge on any atom is 0.181 e. The summed E-state index contributed by atoms with van der Waals surface area (Å²) in [5.74, 6) is 0. The van der Waals surface area contributed by atoms with Crippen molar-refractivity contribution in [3.8, 4) is 21.8 Å². The molecule has 0 aliphatic heterocycles. The Kier molecular flexibility index (Phi) is 7.04. The van der Waals surface area contributed by atoms with Crippen molar-refractivity contribution in [3.63, 3.8) is 0 Å². The fourth-order valence-electron chi connectivity index (χ4n) is 4.86. The van der Waals surface area contributed by atoms with Crippen LogP contribution in [0.2, 0.25) is 0 Å². The topological polar surface area (TPSA) is 69.4 Å². The molecule has 4 aromatic heterocycles. The van der Waals surface area contributed by atoms with Crippen LogP contribution in [0.1, 0.15) is 18.1 Å². The summed E-state index contributed by atoms with van der Waals surface area (Å²) in [6.07, 6.45) is 8.08. The highest BCUT2D eigenvalue weighted by Gasteiger charge is 2.15. The molecule has 3 N–H and O–H groups in total. The predicted octanol–water partition coefficient (Wildman–Crippen LogP) is 8.14. The Bertz CT molecular complexity index is 1800. The van der Waals surface area contributed by atoms with E-state index in [2.05, 4.69) is 116 Å². The number of benzene rings is 2. The lowest BCUT2D eigenvalue weighted by Gasteiger charge is -2.08. The van der Waals surface area contributed by atoms with Crippen molar-refractivity contribution in [3.05, 3.63) is 126 Å². The fraction of sp³-hybridized carbons (Fsp3) is 0.0909. The average Bonchev–Trinajstić information content (AvgIpc) is 3.74. The van der Waals surface area contributed by atoms with Gasteiger partial charge in [0.25, 0.3) is 0 Å². The number of rotatable bonds is 9. The molecule has 0 bridgehead atoms. The summed E-state index contributed by atoms with van der Waals surface area (Å²) in [5, 5.41) is 15.5. The van der Waals surface area contributed by atoms with Crippen LogP contribution in [0.4, 0.5) is 0 Å². The van der Waals surface area contributed by atoms with E-state index in [-0.39, 0.29) is 0 Å². The van der Waals surface area contributed by atoms with Crippen molar-refractivity contribution < 1.29 is 0 Å². The predicted molar refractivity (Wildman–Crippen MR) is 165 cm³/mol. The number of aromatic nitrogens is 4. The molecule has 6 aromatic rings. The van der Waals surface area contributed by atoms with Crippen molar-refractivity contribution in [2.24, 2.45) is 0 Å². The van der Waals surface area contributed by atoms with Crippen molar-refractivity contribution >= 4 is 38.8 Å². The minimum Gasteiger partial charge on any atom is -0.353 e. The Balaban J connectivity index is 1.30. The lowest BCUT2D eigenvalue weighted by atomic mass is 10.0. The van der Waals surface area contributed by atoms with Gasteiger partial charge in [0.1, 0.15) is 0 Å². The summed E-state index contributed by atoms with van der Waals surface area (Å²) >= 11 is 1.75. The number of aromatic amines is 2. The zero-order valence-corrected chi connectivity index (χ0v) is 22.6. The zero-order valence-electron chi connectivity index (χ0n) is 21.7. The molecule has 0 amide bonds. The van der Waals surface area contributed by atoms with Gasteiger partial charge in [-0.25, -0.2) is 4.98 Å². The molecule has 0 aliphatic carbocycles. The van der Waals surface area contributed by atoms with E-state index in [1.165, 1.54) is 21.4 Å². The second-order valence-electron chi connectivity index (χ2n) is 9.38. The van der Waals surface area contributed by atoms with Crippen LogP contribution in [0.5, 0.6) is 0 Å². The van der Waals surface area contributed by atoms with Gasteiger partial charge in [-0.05, 0) is 53.3 Å². The third kappa shape index (κ3) is 5.12. The van der Waals surface area contributed by atoms with Gasteiger partial charge in [0.05, 0.1) is 11.4 Å². The van der Waals surface area contributed by atoms with Gasteiger partial charge in [-0.1, -0.05) is 73.3 Å². The largest absolute Gasteiger partial charge is 0.353 e. The van der Waals surface area contributed by atoms with Gasteiger partial charge in [-0.2, -0.15) is 5.10 Å². The second kappa shape index (κ2) is 11.1. The van der Waals surface area contributed by atoms with E-state index in [1.54, 1.807) is 11.3 Å². The lowest BCUT2D eigenvalue weighted by Crippen LogP contribution is -2.15. The summed E-state index contributed by atoms with van der Waals surface area (Å²) < 4.78 is 0. The van der Waals surface area contributed by atoms with E-state index in [4.69, 9.17) is 0 Å². The van der Waals surface area contributed by atoms with E-state index in [1.807, 2.05) is 25.3 Å². The number of thiophene rings is 1. The molecule has 2 aromatic carbocycles. The highest BCUT2D eigenvalue weighted by atomic mass is 32.1. The van der Waals surface area contributed by atoms with E-state index >= 15 is 0 Å². The molecule has 0 saturated heterocycles. The molecule has 0 aliphatic rings. The molecular weight excluding hydrogens is 498 g/mol. The lowest BCUT2D eigenvalue weighted by molar-refractivity contribution is 0.747. The van der Waals surface area contributed by atoms with Crippen molar-refractivity contribution in [1.82, 2.24) is 25.5 Å². The first-order valence-corrected chi connectivity index (χ1v) is 13.9. The first-order valence-electron chi connectivity index (χ1n) is 13.0. The number of hydrogen-bond acceptors (Lipinski definition) is 4. The summed E-state index contributed by atoms with van der Waals surface area (Å²) in [6.45, 7) is 7.62. The van der Waals surface area contributed by atoms with Crippen LogP contribution in [0.15, 0.2) is 115 Å². The van der Waals surface area contributed by atoms with Gasteiger partial charge in [-0.15, -0.1) is 11.3 Å². The van der Waals surface area contributed by atoms with Crippen molar-refractivity contribution in [2.45, 2.75) is 13.5 Å². The average molecular weight is 528 g/mol. The Morgan fingerprint density at radius 1 is 1.03 bits per heavy atom. The Hall–Kier alpha value is -4.52. The molecule has 0 spiro atoms. The number of fused-ring (bicyclic) bond motifs is 2. The van der Waals surface area contributed by atoms with Gasteiger partial charge in [-0.3, -0.25) is 5.10 Å². The zero-order chi connectivity index (χ0) is 26.6. The van der Waals surface area contributed by atoms with Crippen LogP contribution >= 0.6 is 11.3 Å². The first-order chi connectivity index (χ1) is 19.2. The Labute approximate surface area is 231 Å². The second-order valence-corrected chi connectivity index (χ2v) is 10.3. The summed E-state index contributed by atoms with van der Waals surface area (Å²) in [4.78, 5) is 9.52. The van der Waals surface area contributed by atoms with Crippen molar-refractivity contribution in [2.75, 3.05) is 6.54 Å². The minimum atomic E-state index is 0.693. The number of H-pyrrole nitrogens is 2. The van der Waals surface area contributed by atoms with Crippen LogP contribution in [0.25, 0.3) is 49.3 Å². The molecule has 0 saturated carbocycles. The smallest absolute Gasteiger partial charge is 0.181 e. The first kappa shape index (κ1) is 24.8. The van der Waals surface area contributed by atoms with Crippen LogP contribution in [-0.4, -0.2) is 26.7 Å². The maximum absolute atomic E-state index is 4.68. The Morgan fingerprint density at radius 2 is 1.92 bits per heavy atom. The number of nitrogens with zero attached hydrogens (tertiary/aromatic N) is 2. The number of allylic oxidation sites excluding steroid dienone is 3. The van der Waals surface area contributed by atoms with Gasteiger partial charge in [0, 0.05) is 51.6 Å². The standard InChI is InChI=1S/C33H29N5S/c1-3-22(19-34-20-23-10-6-5-7-11-23)16-24(4-2)25-17-28-32(37-38-33(28)35-21-25)30-18-27-26(31-14-9-15-39-31)12-8-13-29(27)36-30/h3-18,21,34,36H,1,19-20H2,2H3,(H,35,37,38)/b22-16+,24-4+. The quantitative estimate of drug-likeness (QED) is 0.166. The number of hydrogen-bond donors (Lipinski definition) is 3. The summed E-state index contributed by atoms with van der Waals surface area (Å²) in [5.41, 5.74) is 9.43. The van der Waals surface area contributed by atoms with E-state index in [0.29, 0.717) is 5.65 Å². The molecule has 0 unspecified atom stereocenters. The van der Waals surface area contributed by atoms with Crippen LogP contribution in [0.3, 0.4) is 0 Å². The molecule has 39 heavy (non-hydrogen) atoms. The highest BCUT2D eigenvalue weighted by molar-refractivity contribution is 7.13. The normalized spacial score (nSPS) is 12.4. The van der Waals surface area contributed by atoms with E-state index in [0.717, 1.165) is 52.1 Å². The molecule has 0 radical (unpaired) electrons. The monoisotopic (exact) mass is 527 g/mol. The molecule has 0 atom stereocenters. The molecular formula is C33H29N5S. The van der Waals surface area contributed by atoms with Crippen LogP contribution in [-0.2, 0) is 6.54 Å². The molecule has 6 heteroatoms. The van der Waals surface area contributed by atoms with E-state index < -0.39 is 0 Å². The van der Waals surface area contributed by atoms with Crippen LogP contribution < -0.4 is 5.32 Å². The molecule has 0 fully saturated rings. The summed E-state index contributed by atoms with van der Waals surface area (Å²) in [7, 11) is 0.